The van der Waals surface area contributed by atoms with E-state index in [4.69, 9.17) is 14.2 Å². The molecule has 2 aromatic carbocycles. The zero-order chi connectivity index (χ0) is 20.1. The Morgan fingerprint density at radius 1 is 0.929 bits per heavy atom. The van der Waals surface area contributed by atoms with Gasteiger partial charge in [-0.25, -0.2) is 0 Å². The number of rotatable bonds is 8. The van der Waals surface area contributed by atoms with E-state index in [9.17, 15) is 14.4 Å². The molecule has 28 heavy (non-hydrogen) atoms. The van der Waals surface area contributed by atoms with Crippen LogP contribution in [0.25, 0.3) is 0 Å². The number of imide groups is 1. The van der Waals surface area contributed by atoms with Crippen molar-refractivity contribution < 1.29 is 28.6 Å². The lowest BCUT2D eigenvalue weighted by atomic mass is 10.1. The second kappa shape index (κ2) is 8.56. The first-order valence-electron chi connectivity index (χ1n) is 8.87. The summed E-state index contributed by atoms with van der Waals surface area (Å²) in [5.74, 6) is 0.101. The SMILES string of the molecule is COc1ccc(CCC(=O)OCCN2C(=O)c3ccccc3C2=O)cc1OC. The fourth-order valence-corrected chi connectivity index (χ4v) is 3.05. The third-order valence-electron chi connectivity index (χ3n) is 4.52. The molecule has 0 aromatic heterocycles. The normalized spacial score (nSPS) is 12.7. The van der Waals surface area contributed by atoms with Crippen LogP contribution >= 0.6 is 0 Å². The maximum absolute atomic E-state index is 12.2. The molecule has 0 saturated heterocycles. The number of aryl methyl sites for hydroxylation is 1. The van der Waals surface area contributed by atoms with Crippen LogP contribution in [0.15, 0.2) is 42.5 Å². The number of ether oxygens (including phenoxy) is 3. The highest BCUT2D eigenvalue weighted by Gasteiger charge is 2.34. The molecule has 0 bridgehead atoms. The number of esters is 1. The minimum atomic E-state index is -0.397. The van der Waals surface area contributed by atoms with Gasteiger partial charge < -0.3 is 14.2 Å². The third-order valence-corrected chi connectivity index (χ3v) is 4.52. The first-order chi connectivity index (χ1) is 13.5. The number of carbonyl (C=O) groups excluding carboxylic acids is 3. The van der Waals surface area contributed by atoms with E-state index in [1.165, 1.54) is 0 Å². The summed E-state index contributed by atoms with van der Waals surface area (Å²) in [7, 11) is 3.11. The predicted octanol–water partition coefficient (Wildman–Crippen LogP) is 2.48. The average molecular weight is 383 g/mol. The van der Waals surface area contributed by atoms with E-state index in [0.29, 0.717) is 29.0 Å². The number of amides is 2. The van der Waals surface area contributed by atoms with Gasteiger partial charge in [0, 0.05) is 6.42 Å². The molecule has 0 N–H and O–H groups in total. The number of hydrogen-bond acceptors (Lipinski definition) is 6. The Morgan fingerprint density at radius 3 is 2.18 bits per heavy atom. The van der Waals surface area contributed by atoms with E-state index in [-0.39, 0.29) is 31.4 Å². The number of benzene rings is 2. The Kier molecular flexibility index (Phi) is 5.93. The molecule has 0 fully saturated rings. The second-order valence-electron chi connectivity index (χ2n) is 6.22. The lowest BCUT2D eigenvalue weighted by Gasteiger charge is -2.14. The van der Waals surface area contributed by atoms with Gasteiger partial charge in [-0.15, -0.1) is 0 Å². The standard InChI is InChI=1S/C21H21NO6/c1-26-17-9-7-14(13-18(17)27-2)8-10-19(23)28-12-11-22-20(24)15-5-3-4-6-16(15)21(22)25/h3-7,9,13H,8,10-12H2,1-2H3. The van der Waals surface area contributed by atoms with Crippen LogP contribution in [-0.4, -0.2) is 50.1 Å². The van der Waals surface area contributed by atoms with E-state index in [1.54, 1.807) is 44.6 Å². The van der Waals surface area contributed by atoms with Gasteiger partial charge in [0.15, 0.2) is 11.5 Å². The predicted molar refractivity (Wildman–Crippen MR) is 101 cm³/mol. The Bertz CT molecular complexity index is 873. The van der Waals surface area contributed by atoms with E-state index >= 15 is 0 Å². The van der Waals surface area contributed by atoms with Crippen LogP contribution in [0.4, 0.5) is 0 Å². The molecule has 2 aromatic rings. The van der Waals surface area contributed by atoms with Crippen LogP contribution in [0.1, 0.15) is 32.7 Å². The van der Waals surface area contributed by atoms with Crippen molar-refractivity contribution in [1.29, 1.82) is 0 Å². The van der Waals surface area contributed by atoms with Crippen molar-refractivity contribution in [1.82, 2.24) is 4.90 Å². The summed E-state index contributed by atoms with van der Waals surface area (Å²) in [5.41, 5.74) is 1.68. The zero-order valence-electron chi connectivity index (χ0n) is 15.8. The van der Waals surface area contributed by atoms with Gasteiger partial charge in [0.05, 0.1) is 31.9 Å². The Morgan fingerprint density at radius 2 is 1.57 bits per heavy atom. The average Bonchev–Trinajstić information content (AvgIpc) is 2.97. The molecule has 2 amide bonds. The minimum Gasteiger partial charge on any atom is -0.493 e. The fourth-order valence-electron chi connectivity index (χ4n) is 3.05. The third kappa shape index (κ3) is 3.98. The van der Waals surface area contributed by atoms with Crippen molar-refractivity contribution in [2.24, 2.45) is 0 Å². The van der Waals surface area contributed by atoms with Gasteiger partial charge in [-0.1, -0.05) is 18.2 Å². The maximum atomic E-state index is 12.2. The quantitative estimate of drug-likeness (QED) is 0.515. The van der Waals surface area contributed by atoms with Gasteiger partial charge in [-0.2, -0.15) is 0 Å². The van der Waals surface area contributed by atoms with Crippen molar-refractivity contribution in [3.63, 3.8) is 0 Å². The summed E-state index contributed by atoms with van der Waals surface area (Å²) in [6.07, 6.45) is 0.657. The molecule has 0 spiro atoms. The molecular formula is C21H21NO6. The summed E-state index contributed by atoms with van der Waals surface area (Å²) < 4.78 is 15.6. The van der Waals surface area contributed by atoms with Gasteiger partial charge in [-0.05, 0) is 36.2 Å². The molecular weight excluding hydrogens is 362 g/mol. The highest BCUT2D eigenvalue weighted by atomic mass is 16.5. The van der Waals surface area contributed by atoms with E-state index in [1.807, 2.05) is 12.1 Å². The summed E-state index contributed by atoms with van der Waals surface area (Å²) in [4.78, 5) is 37.6. The largest absolute Gasteiger partial charge is 0.493 e. The Hall–Kier alpha value is -3.35. The van der Waals surface area contributed by atoms with E-state index in [2.05, 4.69) is 0 Å². The van der Waals surface area contributed by atoms with E-state index < -0.39 is 5.97 Å². The van der Waals surface area contributed by atoms with E-state index in [0.717, 1.165) is 10.5 Å². The number of nitrogens with zero attached hydrogens (tertiary/aromatic N) is 1. The zero-order valence-corrected chi connectivity index (χ0v) is 15.8. The second-order valence-corrected chi connectivity index (χ2v) is 6.22. The van der Waals surface area contributed by atoms with Crippen LogP contribution in [-0.2, 0) is 16.0 Å². The van der Waals surface area contributed by atoms with Crippen LogP contribution in [0.2, 0.25) is 0 Å². The highest BCUT2D eigenvalue weighted by molar-refractivity contribution is 6.21. The van der Waals surface area contributed by atoms with Gasteiger partial charge in [0.25, 0.3) is 11.8 Å². The molecule has 0 unspecified atom stereocenters. The van der Waals surface area contributed by atoms with Crippen LogP contribution in [0.5, 0.6) is 11.5 Å². The van der Waals surface area contributed by atoms with Gasteiger partial charge in [0.2, 0.25) is 0 Å². The first-order valence-corrected chi connectivity index (χ1v) is 8.87. The van der Waals surface area contributed by atoms with Crippen molar-refractivity contribution in [2.75, 3.05) is 27.4 Å². The lowest BCUT2D eigenvalue weighted by Crippen LogP contribution is -2.33. The molecule has 146 valence electrons. The summed E-state index contributed by atoms with van der Waals surface area (Å²) >= 11 is 0. The molecule has 7 nitrogen and oxygen atoms in total. The Labute approximate surface area is 162 Å². The Balaban J connectivity index is 1.47. The fraction of sp³-hybridized carbons (Fsp3) is 0.286. The summed E-state index contributed by atoms with van der Waals surface area (Å²) in [6, 6.07) is 12.1. The molecule has 7 heteroatoms. The van der Waals surface area contributed by atoms with Crippen molar-refractivity contribution in [3.8, 4) is 11.5 Å². The van der Waals surface area contributed by atoms with Gasteiger partial charge in [0.1, 0.15) is 6.61 Å². The maximum Gasteiger partial charge on any atom is 0.306 e. The molecule has 3 rings (SSSR count). The number of hydrogen-bond donors (Lipinski definition) is 0. The molecule has 0 atom stereocenters. The van der Waals surface area contributed by atoms with Crippen molar-refractivity contribution in [3.05, 3.63) is 59.2 Å². The number of carbonyl (C=O) groups is 3. The minimum absolute atomic E-state index is 0.0315. The van der Waals surface area contributed by atoms with Crippen LogP contribution in [0, 0.1) is 0 Å². The molecule has 1 heterocycles. The molecule has 0 radical (unpaired) electrons. The smallest absolute Gasteiger partial charge is 0.306 e. The van der Waals surface area contributed by atoms with Gasteiger partial charge in [-0.3, -0.25) is 19.3 Å². The molecule has 0 aliphatic carbocycles. The lowest BCUT2D eigenvalue weighted by molar-refractivity contribution is -0.143. The van der Waals surface area contributed by atoms with Gasteiger partial charge >= 0.3 is 5.97 Å². The molecule has 1 aliphatic rings. The summed E-state index contributed by atoms with van der Waals surface area (Å²) in [6.45, 7) is 0.00464. The number of fused-ring (bicyclic) bond motifs is 1. The number of methoxy groups -OCH3 is 2. The van der Waals surface area contributed by atoms with Crippen LogP contribution < -0.4 is 9.47 Å². The monoisotopic (exact) mass is 383 g/mol. The van der Waals surface area contributed by atoms with Crippen LogP contribution in [0.3, 0.4) is 0 Å². The summed E-state index contributed by atoms with van der Waals surface area (Å²) in [5, 5.41) is 0. The molecule has 1 aliphatic heterocycles. The highest BCUT2D eigenvalue weighted by Crippen LogP contribution is 2.28. The first kappa shape index (κ1) is 19.4. The topological polar surface area (TPSA) is 82.1 Å². The van der Waals surface area contributed by atoms with Crippen molar-refractivity contribution in [2.45, 2.75) is 12.8 Å². The van der Waals surface area contributed by atoms with Crippen molar-refractivity contribution >= 4 is 17.8 Å². The molecule has 0 saturated carbocycles.